The number of fused-ring (bicyclic) bond motifs is 2. The van der Waals surface area contributed by atoms with Gasteiger partial charge in [-0.1, -0.05) is 48.5 Å². The Bertz CT molecular complexity index is 1480. The van der Waals surface area contributed by atoms with Crippen LogP contribution in [-0.2, 0) is 9.59 Å². The highest BCUT2D eigenvalue weighted by Crippen LogP contribution is 2.29. The number of nitrogens with two attached hydrogens (primary N) is 2. The second-order valence-corrected chi connectivity index (χ2v) is 8.37. The maximum absolute atomic E-state index is 12.1. The molecule has 5 rings (SSSR count). The molecule has 8 N–H and O–H groups in total. The second kappa shape index (κ2) is 11.1. The molecule has 39 heavy (non-hydrogen) atoms. The third-order valence-corrected chi connectivity index (χ3v) is 5.65. The van der Waals surface area contributed by atoms with E-state index >= 15 is 0 Å². The lowest BCUT2D eigenvalue weighted by atomic mass is 10.1. The molecule has 0 saturated carbocycles. The maximum Gasteiger partial charge on any atom is 0.321 e. The normalized spacial score (nSPS) is 15.9. The molecule has 0 bridgehead atoms. The molecule has 3 aromatic rings. The number of carbonyl (C=O) groups excluding carboxylic acids is 5. The highest BCUT2D eigenvalue weighted by Gasteiger charge is 2.50. The molecule has 1 aromatic heterocycles. The van der Waals surface area contributed by atoms with Crippen LogP contribution in [0.2, 0.25) is 0 Å². The van der Waals surface area contributed by atoms with E-state index in [2.05, 4.69) is 10.8 Å². The van der Waals surface area contributed by atoms with Crippen LogP contribution >= 0.6 is 0 Å². The fourth-order valence-electron chi connectivity index (χ4n) is 3.74. The van der Waals surface area contributed by atoms with Gasteiger partial charge in [0.05, 0.1) is 6.42 Å². The van der Waals surface area contributed by atoms with Gasteiger partial charge in [-0.3, -0.25) is 43.3 Å². The first-order valence-corrected chi connectivity index (χ1v) is 11.1. The van der Waals surface area contributed by atoms with Crippen molar-refractivity contribution < 1.29 is 44.1 Å². The van der Waals surface area contributed by atoms with E-state index in [9.17, 15) is 33.6 Å². The number of hydrogen-bond acceptors (Lipinski definition) is 10. The number of aliphatic carboxylic acids is 1. The molecule has 2 aliphatic rings. The van der Waals surface area contributed by atoms with Gasteiger partial charge < -0.3 is 26.8 Å². The molecule has 14 nitrogen and oxygen atoms in total. The molecule has 14 heteroatoms. The minimum absolute atomic E-state index is 0.0671. The molecule has 2 aliphatic carbocycles. The van der Waals surface area contributed by atoms with E-state index in [1.165, 1.54) is 29.1 Å². The quantitative estimate of drug-likeness (QED) is 0.170. The summed E-state index contributed by atoms with van der Waals surface area (Å²) >= 11 is 0. The number of Topliss-reactive ketones (excluding diaryl/α,β-unsaturated/α-hetero) is 4. The Kier molecular flexibility index (Phi) is 8.15. The van der Waals surface area contributed by atoms with Crippen LogP contribution in [0.3, 0.4) is 0 Å². The molecular weight excluding hydrogens is 516 g/mol. The van der Waals surface area contributed by atoms with Crippen molar-refractivity contribution in [3.05, 3.63) is 93.4 Å². The topological polar surface area (TPSA) is 253 Å². The lowest BCUT2D eigenvalue weighted by molar-refractivity contribution is -0.140. The predicted molar refractivity (Wildman–Crippen MR) is 131 cm³/mol. The molecule has 0 aliphatic heterocycles. The highest BCUT2D eigenvalue weighted by molar-refractivity contribution is 6.30. The number of H-pyrrole nitrogens is 1. The van der Waals surface area contributed by atoms with E-state index in [4.69, 9.17) is 21.1 Å². The first kappa shape index (κ1) is 28.5. The first-order chi connectivity index (χ1) is 18.3. The summed E-state index contributed by atoms with van der Waals surface area (Å²) in [7, 11) is 0. The molecule has 0 fully saturated rings. The largest absolute Gasteiger partial charge is 0.480 e. The fraction of sp³-hybridized carbons (Fsp3) is 0.160. The van der Waals surface area contributed by atoms with Crippen molar-refractivity contribution in [1.29, 1.82) is 0 Å². The van der Waals surface area contributed by atoms with Gasteiger partial charge in [0.15, 0.2) is 17.6 Å². The predicted octanol–water partition coefficient (Wildman–Crippen LogP) is -1.18. The number of nitrogens with zero attached hydrogens (tertiary/aromatic N) is 1. The molecule has 2 aromatic carbocycles. The lowest BCUT2D eigenvalue weighted by Crippen LogP contribution is -2.40. The number of nitrogens with one attached hydrogen (secondary N) is 1. The lowest BCUT2D eigenvalue weighted by Gasteiger charge is -2.08. The summed E-state index contributed by atoms with van der Waals surface area (Å²) in [5.41, 5.74) is 10.2. The average molecular weight is 538 g/mol. The number of amides is 1. The van der Waals surface area contributed by atoms with E-state index in [1.54, 1.807) is 36.4 Å². The number of carboxylic acid groups (broad SMARTS) is 1. The number of aromatic amines is 1. The van der Waals surface area contributed by atoms with E-state index in [0.717, 1.165) is 0 Å². The number of aliphatic hydroxyl groups is 2. The van der Waals surface area contributed by atoms with Crippen molar-refractivity contribution in [1.82, 2.24) is 9.78 Å². The van der Waals surface area contributed by atoms with Gasteiger partial charge in [0.1, 0.15) is 6.04 Å². The number of carboxylic acids is 1. The Labute approximate surface area is 218 Å². The number of carbonyl (C=O) groups is 6. The van der Waals surface area contributed by atoms with Crippen LogP contribution in [0.25, 0.3) is 0 Å². The summed E-state index contributed by atoms with van der Waals surface area (Å²) in [6, 6.07) is 11.7. The molecule has 1 heterocycles. The second-order valence-electron chi connectivity index (χ2n) is 8.37. The van der Waals surface area contributed by atoms with Crippen LogP contribution in [0.4, 0.5) is 0 Å². The Balaban J connectivity index is 0.000000171. The molecule has 0 spiro atoms. The van der Waals surface area contributed by atoms with E-state index in [0.29, 0.717) is 11.1 Å². The van der Waals surface area contributed by atoms with Crippen molar-refractivity contribution in [3.8, 4) is 0 Å². The smallest absolute Gasteiger partial charge is 0.321 e. The van der Waals surface area contributed by atoms with E-state index < -0.39 is 41.3 Å². The minimum Gasteiger partial charge on any atom is -0.480 e. The average Bonchev–Trinajstić information content (AvgIpc) is 3.48. The van der Waals surface area contributed by atoms with Gasteiger partial charge in [-0.15, -0.1) is 0 Å². The van der Waals surface area contributed by atoms with Gasteiger partial charge in [0, 0.05) is 34.5 Å². The zero-order valence-electron chi connectivity index (χ0n) is 19.9. The molecular formula is C25H22N4O10. The Morgan fingerprint density at radius 1 is 0.846 bits per heavy atom. The first-order valence-electron chi connectivity index (χ1n) is 11.1. The summed E-state index contributed by atoms with van der Waals surface area (Å²) in [5, 5.41) is 28.7. The number of aromatic nitrogens is 2. The Hall–Kier alpha value is -5.05. The highest BCUT2D eigenvalue weighted by atomic mass is 16.5. The van der Waals surface area contributed by atoms with Crippen molar-refractivity contribution in [2.45, 2.75) is 24.3 Å². The molecule has 1 atom stereocenters. The Morgan fingerprint density at radius 3 is 1.62 bits per heavy atom. The van der Waals surface area contributed by atoms with Crippen molar-refractivity contribution in [2.24, 2.45) is 11.5 Å². The van der Waals surface area contributed by atoms with Gasteiger partial charge >= 0.3 is 5.97 Å². The van der Waals surface area contributed by atoms with E-state index in [-0.39, 0.29) is 34.7 Å². The third kappa shape index (κ3) is 5.77. The summed E-state index contributed by atoms with van der Waals surface area (Å²) < 4.78 is 1.26. The van der Waals surface area contributed by atoms with Gasteiger partial charge in [-0.05, 0) is 0 Å². The molecule has 0 radical (unpaired) electrons. The van der Waals surface area contributed by atoms with Crippen molar-refractivity contribution >= 4 is 35.0 Å². The van der Waals surface area contributed by atoms with E-state index in [1.807, 2.05) is 0 Å². The van der Waals surface area contributed by atoms with Gasteiger partial charge in [0.25, 0.3) is 11.3 Å². The molecule has 202 valence electrons. The SMILES string of the molecule is NC(=O)CC(N)C(=O)O.O=C1c2ccccc2C(=O)C1(O)O.O=C1c2ccccc2C(=O)C1n1ccc(=O)[nH]1. The summed E-state index contributed by atoms with van der Waals surface area (Å²) in [4.78, 5) is 77.5. The van der Waals surface area contributed by atoms with Crippen LogP contribution < -0.4 is 17.0 Å². The monoisotopic (exact) mass is 538 g/mol. The van der Waals surface area contributed by atoms with Crippen LogP contribution in [0.1, 0.15) is 53.9 Å². The van der Waals surface area contributed by atoms with Crippen molar-refractivity contribution in [2.75, 3.05) is 0 Å². The van der Waals surface area contributed by atoms with Crippen LogP contribution in [0.5, 0.6) is 0 Å². The molecule has 1 amide bonds. The Morgan fingerprint density at radius 2 is 1.28 bits per heavy atom. The summed E-state index contributed by atoms with van der Waals surface area (Å²) in [6.45, 7) is 0. The summed E-state index contributed by atoms with van der Waals surface area (Å²) in [5.74, 6) is -7.24. The molecule has 0 saturated heterocycles. The zero-order chi connectivity index (χ0) is 29.1. The van der Waals surface area contributed by atoms with Crippen LogP contribution in [-0.4, -0.2) is 71.9 Å². The minimum atomic E-state index is -2.86. The van der Waals surface area contributed by atoms with Gasteiger partial charge in [0.2, 0.25) is 17.5 Å². The maximum atomic E-state index is 12.1. The fourth-order valence-corrected chi connectivity index (χ4v) is 3.74. The summed E-state index contributed by atoms with van der Waals surface area (Å²) in [6.07, 6.45) is 1.10. The number of ketones is 4. The van der Waals surface area contributed by atoms with Gasteiger partial charge in [-0.2, -0.15) is 0 Å². The van der Waals surface area contributed by atoms with Crippen LogP contribution in [0.15, 0.2) is 65.6 Å². The third-order valence-electron chi connectivity index (χ3n) is 5.65. The standard InChI is InChI=1S/C12H8N2O3.C9H6O4.C4H8N2O3/c15-9-5-6-14(13-9)10-11(16)7-3-1-2-4-8(7)12(10)17;10-7-5-3-1-2-4-6(5)8(11)9(7,12)13;5-2(4(8)9)1-3(6)7/h1-6,10H,(H,13,15);1-4,12-13H;2H,1,5H2,(H2,6,7)(H,8,9). The van der Waals surface area contributed by atoms with Gasteiger partial charge in [-0.25, -0.2) is 0 Å². The van der Waals surface area contributed by atoms with Crippen LogP contribution in [0, 0.1) is 0 Å². The van der Waals surface area contributed by atoms with Crippen molar-refractivity contribution in [3.63, 3.8) is 0 Å². The number of hydrogen-bond donors (Lipinski definition) is 6. The zero-order valence-corrected chi connectivity index (χ0v) is 19.9. The molecule has 1 unspecified atom stereocenters. The number of benzene rings is 2. The number of primary amides is 1. The number of rotatable bonds is 4.